The van der Waals surface area contributed by atoms with Gasteiger partial charge in [0.05, 0.1) is 12.2 Å². The first-order chi connectivity index (χ1) is 11.1. The van der Waals surface area contributed by atoms with Crippen LogP contribution >= 0.6 is 0 Å². The minimum atomic E-state index is -0.820. The van der Waals surface area contributed by atoms with E-state index < -0.39 is 17.5 Å². The van der Waals surface area contributed by atoms with E-state index in [9.17, 15) is 13.6 Å². The van der Waals surface area contributed by atoms with E-state index in [-0.39, 0.29) is 5.69 Å². The van der Waals surface area contributed by atoms with Crippen LogP contribution in [-0.4, -0.2) is 25.0 Å². The molecule has 6 heteroatoms. The molecule has 1 heterocycles. The highest BCUT2D eigenvalue weighted by Gasteiger charge is 2.16. The average Bonchev–Trinajstić information content (AvgIpc) is 3.03. The molecule has 2 aromatic carbocycles. The number of anilines is 1. The summed E-state index contributed by atoms with van der Waals surface area (Å²) in [7, 11) is 0. The number of hydrogen-bond donors (Lipinski definition) is 1. The average molecular weight is 316 g/mol. The Balaban J connectivity index is 1.81. The molecule has 1 N–H and O–H groups in total. The number of nitrogens with zero attached hydrogens (tertiary/aromatic N) is 1. The van der Waals surface area contributed by atoms with Gasteiger partial charge in [0, 0.05) is 18.1 Å². The number of nitrogens with one attached hydrogen (secondary N) is 1. The fourth-order valence-corrected chi connectivity index (χ4v) is 2.33. The van der Waals surface area contributed by atoms with Gasteiger partial charge in [-0.15, -0.1) is 0 Å². The molecular formula is C17H14F2N2O2. The molecule has 0 saturated carbocycles. The zero-order valence-electron chi connectivity index (χ0n) is 12.2. The van der Waals surface area contributed by atoms with Crippen LogP contribution in [-0.2, 0) is 11.2 Å². The number of hydrogen-bond acceptors (Lipinski definition) is 3. The van der Waals surface area contributed by atoms with Gasteiger partial charge in [-0.05, 0) is 23.8 Å². The van der Waals surface area contributed by atoms with Crippen LogP contribution in [0.15, 0.2) is 47.5 Å². The lowest BCUT2D eigenvalue weighted by Gasteiger charge is -2.11. The fourth-order valence-electron chi connectivity index (χ4n) is 2.33. The van der Waals surface area contributed by atoms with Crippen LogP contribution in [0.4, 0.5) is 14.5 Å². The standard InChI is InChI=1S/C17H14F2N2O2/c18-12-5-6-15(14(19)10-12)21-17(22)13-4-2-1-3-11(13)9-16-20-7-8-23-16/h1-6,10H,7-9H2,(H,21,22). The van der Waals surface area contributed by atoms with E-state index in [2.05, 4.69) is 10.3 Å². The van der Waals surface area contributed by atoms with Crippen LogP contribution in [0.25, 0.3) is 0 Å². The predicted molar refractivity (Wildman–Crippen MR) is 82.7 cm³/mol. The Morgan fingerprint density at radius 3 is 2.78 bits per heavy atom. The lowest BCUT2D eigenvalue weighted by Crippen LogP contribution is -2.16. The molecule has 0 radical (unpaired) electrons. The maximum absolute atomic E-state index is 13.7. The van der Waals surface area contributed by atoms with Crippen molar-refractivity contribution in [2.45, 2.75) is 6.42 Å². The predicted octanol–water partition coefficient (Wildman–Crippen LogP) is 3.19. The highest BCUT2D eigenvalue weighted by Crippen LogP contribution is 2.18. The first-order valence-electron chi connectivity index (χ1n) is 7.14. The Morgan fingerprint density at radius 2 is 2.04 bits per heavy atom. The van der Waals surface area contributed by atoms with Gasteiger partial charge < -0.3 is 10.1 Å². The van der Waals surface area contributed by atoms with Crippen molar-refractivity contribution in [1.82, 2.24) is 0 Å². The van der Waals surface area contributed by atoms with Crippen molar-refractivity contribution >= 4 is 17.5 Å². The molecule has 1 aliphatic rings. The Hall–Kier alpha value is -2.76. The first-order valence-corrected chi connectivity index (χ1v) is 7.14. The second kappa shape index (κ2) is 6.56. The van der Waals surface area contributed by atoms with E-state index in [4.69, 9.17) is 4.74 Å². The van der Waals surface area contributed by atoms with Crippen molar-refractivity contribution in [3.63, 3.8) is 0 Å². The zero-order valence-corrected chi connectivity index (χ0v) is 12.2. The minimum absolute atomic E-state index is 0.0688. The topological polar surface area (TPSA) is 50.7 Å². The quantitative estimate of drug-likeness (QED) is 0.942. The fraction of sp³-hybridized carbons (Fsp3) is 0.176. The van der Waals surface area contributed by atoms with Crippen LogP contribution in [0.3, 0.4) is 0 Å². The molecule has 0 aliphatic carbocycles. The molecule has 0 aromatic heterocycles. The molecule has 2 aromatic rings. The Kier molecular flexibility index (Phi) is 4.32. The molecule has 118 valence electrons. The molecular weight excluding hydrogens is 302 g/mol. The van der Waals surface area contributed by atoms with Crippen molar-refractivity contribution in [2.75, 3.05) is 18.5 Å². The van der Waals surface area contributed by atoms with Crippen molar-refractivity contribution in [3.05, 3.63) is 65.2 Å². The summed E-state index contributed by atoms with van der Waals surface area (Å²) in [4.78, 5) is 16.6. The summed E-state index contributed by atoms with van der Waals surface area (Å²) in [6, 6.07) is 9.96. The third kappa shape index (κ3) is 3.53. The number of amides is 1. The molecule has 23 heavy (non-hydrogen) atoms. The van der Waals surface area contributed by atoms with Crippen LogP contribution in [0.1, 0.15) is 15.9 Å². The number of ether oxygens (including phenoxy) is 1. The Bertz CT molecular complexity index is 775. The maximum Gasteiger partial charge on any atom is 0.256 e. The minimum Gasteiger partial charge on any atom is -0.479 e. The number of halogens is 2. The lowest BCUT2D eigenvalue weighted by atomic mass is 10.0. The lowest BCUT2D eigenvalue weighted by molar-refractivity contribution is 0.102. The van der Waals surface area contributed by atoms with E-state index in [1.54, 1.807) is 24.3 Å². The van der Waals surface area contributed by atoms with Crippen molar-refractivity contribution in [3.8, 4) is 0 Å². The molecule has 0 atom stereocenters. The molecule has 1 amide bonds. The van der Waals surface area contributed by atoms with Gasteiger partial charge in [-0.2, -0.15) is 0 Å². The molecule has 0 saturated heterocycles. The summed E-state index contributed by atoms with van der Waals surface area (Å²) in [6.45, 7) is 1.16. The second-order valence-corrected chi connectivity index (χ2v) is 5.04. The summed E-state index contributed by atoms with van der Waals surface area (Å²) >= 11 is 0. The number of carbonyl (C=O) groups excluding carboxylic acids is 1. The van der Waals surface area contributed by atoms with Gasteiger partial charge in [0.25, 0.3) is 5.91 Å². The van der Waals surface area contributed by atoms with Crippen molar-refractivity contribution in [2.24, 2.45) is 4.99 Å². The summed E-state index contributed by atoms with van der Waals surface area (Å²) < 4.78 is 31.9. The van der Waals surface area contributed by atoms with Crippen molar-refractivity contribution < 1.29 is 18.3 Å². The summed E-state index contributed by atoms with van der Waals surface area (Å²) in [5, 5.41) is 2.46. The van der Waals surface area contributed by atoms with Crippen LogP contribution in [0, 0.1) is 11.6 Å². The van der Waals surface area contributed by atoms with Gasteiger partial charge in [0.15, 0.2) is 5.90 Å². The van der Waals surface area contributed by atoms with Gasteiger partial charge in [0.1, 0.15) is 18.2 Å². The first kappa shape index (κ1) is 15.1. The molecule has 0 fully saturated rings. The highest BCUT2D eigenvalue weighted by molar-refractivity contribution is 6.06. The molecule has 1 aliphatic heterocycles. The summed E-state index contributed by atoms with van der Waals surface area (Å²) in [5.41, 5.74) is 1.06. The van der Waals surface area contributed by atoms with Gasteiger partial charge in [-0.25, -0.2) is 8.78 Å². The van der Waals surface area contributed by atoms with E-state index in [0.717, 1.165) is 17.7 Å². The van der Waals surface area contributed by atoms with Crippen LogP contribution < -0.4 is 5.32 Å². The van der Waals surface area contributed by atoms with Crippen LogP contribution in [0.2, 0.25) is 0 Å². The molecule has 0 spiro atoms. The number of aliphatic imine (C=N–C) groups is 1. The summed E-state index contributed by atoms with van der Waals surface area (Å²) in [5.74, 6) is -1.40. The van der Waals surface area contributed by atoms with Gasteiger partial charge in [0.2, 0.25) is 0 Å². The number of benzene rings is 2. The van der Waals surface area contributed by atoms with Crippen LogP contribution in [0.5, 0.6) is 0 Å². The van der Waals surface area contributed by atoms with Gasteiger partial charge in [-0.3, -0.25) is 9.79 Å². The van der Waals surface area contributed by atoms with Gasteiger partial charge >= 0.3 is 0 Å². The van der Waals surface area contributed by atoms with Crippen molar-refractivity contribution in [1.29, 1.82) is 0 Å². The van der Waals surface area contributed by atoms with E-state index in [0.29, 0.717) is 31.0 Å². The largest absolute Gasteiger partial charge is 0.479 e. The van der Waals surface area contributed by atoms with Gasteiger partial charge in [-0.1, -0.05) is 18.2 Å². The Morgan fingerprint density at radius 1 is 1.22 bits per heavy atom. The Labute approximate surface area is 131 Å². The molecule has 0 bridgehead atoms. The normalized spacial score (nSPS) is 13.4. The smallest absolute Gasteiger partial charge is 0.256 e. The SMILES string of the molecule is O=C(Nc1ccc(F)cc1F)c1ccccc1CC1=NCCO1. The van der Waals surface area contributed by atoms with E-state index in [1.165, 1.54) is 6.07 Å². The molecule has 4 nitrogen and oxygen atoms in total. The number of carbonyl (C=O) groups is 1. The molecule has 0 unspecified atom stereocenters. The monoisotopic (exact) mass is 316 g/mol. The molecule has 3 rings (SSSR count). The third-order valence-corrected chi connectivity index (χ3v) is 3.43. The summed E-state index contributed by atoms with van der Waals surface area (Å²) in [6.07, 6.45) is 0.398. The van der Waals surface area contributed by atoms with E-state index in [1.807, 2.05) is 0 Å². The third-order valence-electron chi connectivity index (χ3n) is 3.43. The number of rotatable bonds is 4. The zero-order chi connectivity index (χ0) is 16.2. The van der Waals surface area contributed by atoms with E-state index >= 15 is 0 Å². The maximum atomic E-state index is 13.7. The second-order valence-electron chi connectivity index (χ2n) is 5.04. The highest BCUT2D eigenvalue weighted by atomic mass is 19.1.